The minimum atomic E-state index is -1.22. The van der Waals surface area contributed by atoms with E-state index in [-0.39, 0.29) is 19.4 Å². The zero-order chi connectivity index (χ0) is 11.8. The van der Waals surface area contributed by atoms with Gasteiger partial charge in [0.15, 0.2) is 0 Å². The molecule has 15 heavy (non-hydrogen) atoms. The molecule has 0 rings (SSSR count). The molecular formula is C9H12O6. The van der Waals surface area contributed by atoms with Crippen LogP contribution in [-0.4, -0.2) is 30.3 Å². The summed E-state index contributed by atoms with van der Waals surface area (Å²) in [7, 11) is 0. The van der Waals surface area contributed by atoms with Gasteiger partial charge >= 0.3 is 17.9 Å². The Balaban J connectivity index is 3.80. The largest absolute Gasteiger partial charge is 0.466 e. The predicted molar refractivity (Wildman–Crippen MR) is 47.6 cm³/mol. The summed E-state index contributed by atoms with van der Waals surface area (Å²) in [6.07, 6.45) is -0.449. The van der Waals surface area contributed by atoms with Crippen LogP contribution in [0.1, 0.15) is 26.7 Å². The van der Waals surface area contributed by atoms with E-state index in [0.29, 0.717) is 0 Å². The summed E-state index contributed by atoms with van der Waals surface area (Å²) in [6.45, 7) is 2.84. The van der Waals surface area contributed by atoms with E-state index in [1.54, 1.807) is 6.92 Å². The van der Waals surface area contributed by atoms with E-state index in [0.717, 1.165) is 6.92 Å². The molecule has 0 aliphatic heterocycles. The third-order valence-electron chi connectivity index (χ3n) is 1.33. The number of carbonyl (C=O) groups is 4. The minimum Gasteiger partial charge on any atom is -0.466 e. The summed E-state index contributed by atoms with van der Waals surface area (Å²) in [5.74, 6) is -3.55. The molecule has 0 aromatic heterocycles. The molecule has 0 aromatic carbocycles. The van der Waals surface area contributed by atoms with Crippen LogP contribution in [0.4, 0.5) is 0 Å². The highest BCUT2D eigenvalue weighted by atomic mass is 16.6. The zero-order valence-corrected chi connectivity index (χ0v) is 8.57. The number of ketones is 1. The summed E-state index contributed by atoms with van der Waals surface area (Å²) in [5.41, 5.74) is 0. The molecule has 0 heterocycles. The zero-order valence-electron chi connectivity index (χ0n) is 8.57. The summed E-state index contributed by atoms with van der Waals surface area (Å²) in [4.78, 5) is 42.7. The first-order valence-corrected chi connectivity index (χ1v) is 4.38. The molecule has 0 spiro atoms. The first-order valence-electron chi connectivity index (χ1n) is 4.38. The molecule has 6 heteroatoms. The SMILES string of the molecule is CCOC(=O)CCC(=O)OC(=O)C(C)=O. The van der Waals surface area contributed by atoms with Crippen LogP contribution in [0.3, 0.4) is 0 Å². The lowest BCUT2D eigenvalue weighted by Crippen LogP contribution is -2.19. The quantitative estimate of drug-likeness (QED) is 0.365. The predicted octanol–water partition coefficient (Wildman–Crippen LogP) is -0.0115. The molecule has 84 valence electrons. The molecule has 0 bridgehead atoms. The molecule has 0 N–H and O–H groups in total. The molecule has 0 aliphatic rings. The lowest BCUT2D eigenvalue weighted by atomic mass is 10.3. The van der Waals surface area contributed by atoms with Crippen molar-refractivity contribution in [3.05, 3.63) is 0 Å². The van der Waals surface area contributed by atoms with Gasteiger partial charge in [-0.05, 0) is 6.92 Å². The van der Waals surface area contributed by atoms with Gasteiger partial charge in [-0.2, -0.15) is 0 Å². The number of ether oxygens (including phenoxy) is 2. The van der Waals surface area contributed by atoms with Gasteiger partial charge in [-0.15, -0.1) is 0 Å². The third kappa shape index (κ3) is 6.36. The van der Waals surface area contributed by atoms with Crippen molar-refractivity contribution in [3.8, 4) is 0 Å². The molecule has 0 radical (unpaired) electrons. The molecule has 0 aromatic rings. The summed E-state index contributed by atoms with van der Waals surface area (Å²) >= 11 is 0. The highest BCUT2D eigenvalue weighted by molar-refractivity contribution is 6.34. The van der Waals surface area contributed by atoms with Crippen molar-refractivity contribution in [2.24, 2.45) is 0 Å². The van der Waals surface area contributed by atoms with Gasteiger partial charge in [0.2, 0.25) is 5.78 Å². The molecule has 0 atom stereocenters. The van der Waals surface area contributed by atoms with Gasteiger partial charge in [0.25, 0.3) is 0 Å². The Kier molecular flexibility index (Phi) is 5.92. The van der Waals surface area contributed by atoms with E-state index in [9.17, 15) is 19.2 Å². The van der Waals surface area contributed by atoms with Crippen molar-refractivity contribution in [2.45, 2.75) is 26.7 Å². The lowest BCUT2D eigenvalue weighted by molar-refractivity contribution is -0.164. The average molecular weight is 216 g/mol. The second kappa shape index (κ2) is 6.69. The van der Waals surface area contributed by atoms with Crippen LogP contribution < -0.4 is 0 Å². The number of Topliss-reactive ketones (excluding diaryl/α,β-unsaturated/α-hetero) is 1. The smallest absolute Gasteiger partial charge is 0.381 e. The van der Waals surface area contributed by atoms with Gasteiger partial charge in [-0.3, -0.25) is 14.4 Å². The molecule has 0 amide bonds. The maximum atomic E-state index is 10.9. The molecule has 6 nitrogen and oxygen atoms in total. The first kappa shape index (κ1) is 13.3. The third-order valence-corrected chi connectivity index (χ3v) is 1.33. The topological polar surface area (TPSA) is 86.7 Å². The highest BCUT2D eigenvalue weighted by Crippen LogP contribution is 1.96. The van der Waals surface area contributed by atoms with Crippen LogP contribution in [0.5, 0.6) is 0 Å². The maximum Gasteiger partial charge on any atom is 0.381 e. The summed E-state index contributed by atoms with van der Waals surface area (Å²) in [5, 5.41) is 0. The van der Waals surface area contributed by atoms with E-state index >= 15 is 0 Å². The Bertz CT molecular complexity index is 280. The van der Waals surface area contributed by atoms with Crippen LogP contribution in [0.2, 0.25) is 0 Å². The van der Waals surface area contributed by atoms with Crippen molar-refractivity contribution >= 4 is 23.7 Å². The number of carbonyl (C=O) groups excluding carboxylic acids is 4. The van der Waals surface area contributed by atoms with Crippen molar-refractivity contribution in [1.82, 2.24) is 0 Å². The fourth-order valence-corrected chi connectivity index (χ4v) is 0.664. The monoisotopic (exact) mass is 216 g/mol. The highest BCUT2D eigenvalue weighted by Gasteiger charge is 2.16. The van der Waals surface area contributed by atoms with Gasteiger partial charge in [-0.1, -0.05) is 0 Å². The van der Waals surface area contributed by atoms with Crippen LogP contribution in [-0.2, 0) is 28.7 Å². The number of hydrogen-bond donors (Lipinski definition) is 0. The van der Waals surface area contributed by atoms with Crippen LogP contribution in [0.15, 0.2) is 0 Å². The van der Waals surface area contributed by atoms with Gasteiger partial charge in [0, 0.05) is 6.92 Å². The van der Waals surface area contributed by atoms with E-state index in [1.165, 1.54) is 0 Å². The Morgan fingerprint density at radius 3 is 2.00 bits per heavy atom. The van der Waals surface area contributed by atoms with Gasteiger partial charge in [0.1, 0.15) is 0 Å². The van der Waals surface area contributed by atoms with E-state index in [4.69, 9.17) is 0 Å². The van der Waals surface area contributed by atoms with E-state index in [2.05, 4.69) is 9.47 Å². The fourth-order valence-electron chi connectivity index (χ4n) is 0.664. The molecule has 0 aliphatic carbocycles. The first-order chi connectivity index (χ1) is 6.97. The Hall–Kier alpha value is -1.72. The molecular weight excluding hydrogens is 204 g/mol. The standard InChI is InChI=1S/C9H12O6/c1-3-14-7(11)4-5-8(12)15-9(13)6(2)10/h3-5H2,1-2H3. The van der Waals surface area contributed by atoms with Crippen molar-refractivity contribution in [1.29, 1.82) is 0 Å². The number of hydrogen-bond acceptors (Lipinski definition) is 6. The Morgan fingerprint density at radius 2 is 1.53 bits per heavy atom. The molecule has 0 unspecified atom stereocenters. The normalized spacial score (nSPS) is 9.20. The molecule has 0 saturated heterocycles. The van der Waals surface area contributed by atoms with Crippen molar-refractivity contribution < 1.29 is 28.7 Å². The minimum absolute atomic E-state index is 0.169. The second-order valence-corrected chi connectivity index (χ2v) is 2.62. The number of esters is 3. The maximum absolute atomic E-state index is 10.9. The van der Waals surface area contributed by atoms with Crippen molar-refractivity contribution in [2.75, 3.05) is 6.61 Å². The molecule has 0 fully saturated rings. The van der Waals surface area contributed by atoms with Crippen LogP contribution in [0.25, 0.3) is 0 Å². The average Bonchev–Trinajstić information content (AvgIpc) is 2.15. The number of rotatable bonds is 5. The summed E-state index contributed by atoms with van der Waals surface area (Å²) < 4.78 is 8.65. The van der Waals surface area contributed by atoms with Gasteiger partial charge in [-0.25, -0.2) is 4.79 Å². The molecule has 0 saturated carbocycles. The Labute approximate surface area is 86.5 Å². The second-order valence-electron chi connectivity index (χ2n) is 2.62. The van der Waals surface area contributed by atoms with Crippen molar-refractivity contribution in [3.63, 3.8) is 0 Å². The fraction of sp³-hybridized carbons (Fsp3) is 0.556. The Morgan fingerprint density at radius 1 is 1.00 bits per heavy atom. The summed E-state index contributed by atoms with van der Waals surface area (Å²) in [6, 6.07) is 0. The van der Waals surface area contributed by atoms with Gasteiger partial charge in [0.05, 0.1) is 19.4 Å². The van der Waals surface area contributed by atoms with Crippen LogP contribution >= 0.6 is 0 Å². The van der Waals surface area contributed by atoms with Crippen LogP contribution in [0, 0.1) is 0 Å². The lowest BCUT2D eigenvalue weighted by Gasteiger charge is -2.01. The van der Waals surface area contributed by atoms with E-state index in [1.807, 2.05) is 0 Å². The van der Waals surface area contributed by atoms with Gasteiger partial charge < -0.3 is 9.47 Å². The van der Waals surface area contributed by atoms with E-state index < -0.39 is 23.7 Å².